The van der Waals surface area contributed by atoms with Crippen LogP contribution in [0, 0.1) is 5.92 Å². The van der Waals surface area contributed by atoms with Crippen LogP contribution in [-0.2, 0) is 10.2 Å². The van der Waals surface area contributed by atoms with E-state index in [1.54, 1.807) is 0 Å². The number of guanidine groups is 1. The number of nitrogens with zero attached hydrogens (tertiary/aromatic N) is 3. The van der Waals surface area contributed by atoms with Gasteiger partial charge in [-0.05, 0) is 43.4 Å². The van der Waals surface area contributed by atoms with Gasteiger partial charge < -0.3 is 15.5 Å². The zero-order valence-corrected chi connectivity index (χ0v) is 18.8. The highest BCUT2D eigenvalue weighted by molar-refractivity contribution is 6.30. The number of hydrogen-bond acceptors (Lipinski definition) is 3. The molecule has 1 amide bonds. The summed E-state index contributed by atoms with van der Waals surface area (Å²) in [4.78, 5) is 21.3. The first-order valence-corrected chi connectivity index (χ1v) is 11.7. The number of carbonyl (C=O) groups excluding carboxylic acids is 1. The molecule has 2 N–H and O–H groups in total. The number of carbonyl (C=O) groups is 1. The van der Waals surface area contributed by atoms with Crippen LogP contribution in [-0.4, -0.2) is 74.5 Å². The van der Waals surface area contributed by atoms with Crippen molar-refractivity contribution in [1.29, 1.82) is 0 Å². The summed E-state index contributed by atoms with van der Waals surface area (Å²) in [5.74, 6) is 1.55. The Balaban J connectivity index is 1.16. The quantitative estimate of drug-likeness (QED) is 0.514. The monoisotopic (exact) mass is 431 g/mol. The number of rotatable bonds is 7. The lowest BCUT2D eigenvalue weighted by Crippen LogP contribution is -2.52. The van der Waals surface area contributed by atoms with E-state index < -0.39 is 0 Å². The molecule has 1 aromatic rings. The van der Waals surface area contributed by atoms with Gasteiger partial charge in [0.25, 0.3) is 0 Å². The second-order valence-corrected chi connectivity index (χ2v) is 9.37. The summed E-state index contributed by atoms with van der Waals surface area (Å²) >= 11 is 6.18. The smallest absolute Gasteiger partial charge is 0.225 e. The molecular weight excluding hydrogens is 398 g/mol. The van der Waals surface area contributed by atoms with Gasteiger partial charge >= 0.3 is 0 Å². The maximum Gasteiger partial charge on any atom is 0.225 e. The summed E-state index contributed by atoms with van der Waals surface area (Å²) < 4.78 is 0. The Morgan fingerprint density at radius 2 is 1.97 bits per heavy atom. The topological polar surface area (TPSA) is 60.0 Å². The molecule has 1 aliphatic heterocycles. The average Bonchev–Trinajstić information content (AvgIpc) is 3.51. The first kappa shape index (κ1) is 21.4. The number of piperazine rings is 1. The molecule has 1 aromatic carbocycles. The molecule has 1 saturated heterocycles. The molecule has 2 saturated carbocycles. The number of halogens is 1. The SMILES string of the molecule is CN=C(NCCN1CCN(C(=O)C2CCC2)CC1)NCC1(c2cccc(Cl)c2)CC1. The van der Waals surface area contributed by atoms with E-state index in [-0.39, 0.29) is 5.41 Å². The van der Waals surface area contributed by atoms with Gasteiger partial charge in [-0.3, -0.25) is 14.7 Å². The number of benzene rings is 1. The highest BCUT2D eigenvalue weighted by atomic mass is 35.5. The van der Waals surface area contributed by atoms with Gasteiger partial charge in [-0.25, -0.2) is 0 Å². The molecule has 164 valence electrons. The van der Waals surface area contributed by atoms with Gasteiger partial charge in [0.2, 0.25) is 5.91 Å². The molecule has 3 aliphatic rings. The van der Waals surface area contributed by atoms with Crippen molar-refractivity contribution in [2.24, 2.45) is 10.9 Å². The number of hydrogen-bond donors (Lipinski definition) is 2. The molecular formula is C23H34ClN5O. The van der Waals surface area contributed by atoms with Gasteiger partial charge in [0.1, 0.15) is 0 Å². The predicted octanol–water partition coefficient (Wildman–Crippen LogP) is 2.48. The van der Waals surface area contributed by atoms with Crippen molar-refractivity contribution >= 4 is 23.5 Å². The number of nitrogens with one attached hydrogen (secondary N) is 2. The van der Waals surface area contributed by atoms with Crippen molar-refractivity contribution in [3.8, 4) is 0 Å². The van der Waals surface area contributed by atoms with Gasteiger partial charge in [-0.15, -0.1) is 0 Å². The fraction of sp³-hybridized carbons (Fsp3) is 0.652. The lowest BCUT2D eigenvalue weighted by molar-refractivity contribution is -0.139. The van der Waals surface area contributed by atoms with Gasteiger partial charge in [-0.1, -0.05) is 30.2 Å². The summed E-state index contributed by atoms with van der Waals surface area (Å²) in [6, 6.07) is 8.22. The van der Waals surface area contributed by atoms with Crippen LogP contribution >= 0.6 is 11.6 Å². The van der Waals surface area contributed by atoms with Crippen molar-refractivity contribution < 1.29 is 4.79 Å². The fourth-order valence-electron chi connectivity index (χ4n) is 4.45. The number of aliphatic imine (C=N–C) groups is 1. The van der Waals surface area contributed by atoms with E-state index in [4.69, 9.17) is 11.6 Å². The molecule has 0 bridgehead atoms. The van der Waals surface area contributed by atoms with E-state index in [1.165, 1.54) is 24.8 Å². The van der Waals surface area contributed by atoms with Gasteiger partial charge in [0.05, 0.1) is 0 Å². The molecule has 0 unspecified atom stereocenters. The van der Waals surface area contributed by atoms with Gasteiger partial charge in [0, 0.05) is 69.2 Å². The van der Waals surface area contributed by atoms with E-state index in [0.717, 1.165) is 69.6 Å². The van der Waals surface area contributed by atoms with Crippen LogP contribution in [0.5, 0.6) is 0 Å². The molecule has 4 rings (SSSR count). The lowest BCUT2D eigenvalue weighted by Gasteiger charge is -2.38. The van der Waals surface area contributed by atoms with Crippen molar-refractivity contribution in [3.05, 3.63) is 34.9 Å². The molecule has 30 heavy (non-hydrogen) atoms. The Morgan fingerprint density at radius 3 is 2.57 bits per heavy atom. The molecule has 0 radical (unpaired) electrons. The summed E-state index contributed by atoms with van der Waals surface area (Å²) in [5, 5.41) is 7.74. The number of amides is 1. The lowest BCUT2D eigenvalue weighted by atomic mass is 9.84. The van der Waals surface area contributed by atoms with E-state index in [9.17, 15) is 4.79 Å². The van der Waals surface area contributed by atoms with Crippen LogP contribution in [0.4, 0.5) is 0 Å². The van der Waals surface area contributed by atoms with Crippen LogP contribution in [0.2, 0.25) is 5.02 Å². The first-order valence-electron chi connectivity index (χ1n) is 11.3. The predicted molar refractivity (Wildman–Crippen MR) is 122 cm³/mol. The standard InChI is InChI=1S/C23H34ClN5O/c1-25-22(27-17-23(8-9-23)19-6-3-7-20(24)16-19)26-10-11-28-12-14-29(15-13-28)21(30)18-4-2-5-18/h3,6-7,16,18H,2,4-5,8-15,17H2,1H3,(H2,25,26,27). The van der Waals surface area contributed by atoms with Crippen molar-refractivity contribution in [3.63, 3.8) is 0 Å². The third-order valence-electron chi connectivity index (χ3n) is 6.97. The first-order chi connectivity index (χ1) is 14.6. The molecule has 0 atom stereocenters. The van der Waals surface area contributed by atoms with Crippen LogP contribution < -0.4 is 10.6 Å². The third kappa shape index (κ3) is 5.09. The maximum absolute atomic E-state index is 12.4. The minimum absolute atomic E-state index is 0.186. The largest absolute Gasteiger partial charge is 0.356 e. The third-order valence-corrected chi connectivity index (χ3v) is 7.20. The maximum atomic E-state index is 12.4. The van der Waals surface area contributed by atoms with Crippen LogP contribution in [0.15, 0.2) is 29.3 Å². The minimum Gasteiger partial charge on any atom is -0.356 e. The van der Waals surface area contributed by atoms with Crippen molar-refractivity contribution in [2.75, 3.05) is 52.9 Å². The summed E-state index contributed by atoms with van der Waals surface area (Å²) in [7, 11) is 1.82. The zero-order valence-electron chi connectivity index (χ0n) is 18.0. The highest BCUT2D eigenvalue weighted by Gasteiger charge is 2.44. The molecule has 2 aliphatic carbocycles. The van der Waals surface area contributed by atoms with E-state index in [2.05, 4.69) is 37.6 Å². The van der Waals surface area contributed by atoms with Crippen LogP contribution in [0.25, 0.3) is 0 Å². The van der Waals surface area contributed by atoms with E-state index in [0.29, 0.717) is 11.8 Å². The summed E-state index contributed by atoms with van der Waals surface area (Å²) in [6.07, 6.45) is 5.77. The Labute approximate surface area is 185 Å². The zero-order chi connectivity index (χ0) is 21.0. The molecule has 7 heteroatoms. The second-order valence-electron chi connectivity index (χ2n) is 8.94. The van der Waals surface area contributed by atoms with E-state index in [1.807, 2.05) is 19.2 Å². The molecule has 6 nitrogen and oxygen atoms in total. The Hall–Kier alpha value is -1.79. The van der Waals surface area contributed by atoms with Crippen LogP contribution in [0.3, 0.4) is 0 Å². The summed E-state index contributed by atoms with van der Waals surface area (Å²) in [6.45, 7) is 6.34. The van der Waals surface area contributed by atoms with Crippen LogP contribution in [0.1, 0.15) is 37.7 Å². The fourth-order valence-corrected chi connectivity index (χ4v) is 4.64. The minimum atomic E-state index is 0.186. The molecule has 1 heterocycles. The summed E-state index contributed by atoms with van der Waals surface area (Å²) in [5.41, 5.74) is 1.50. The molecule has 0 spiro atoms. The normalized spacial score (nSPS) is 21.8. The Kier molecular flexibility index (Phi) is 6.84. The molecule has 3 fully saturated rings. The molecule has 0 aromatic heterocycles. The second kappa shape index (κ2) is 9.56. The highest BCUT2D eigenvalue weighted by Crippen LogP contribution is 2.48. The average molecular weight is 432 g/mol. The van der Waals surface area contributed by atoms with Gasteiger partial charge in [0.15, 0.2) is 5.96 Å². The van der Waals surface area contributed by atoms with Crippen molar-refractivity contribution in [2.45, 2.75) is 37.5 Å². The Morgan fingerprint density at radius 1 is 1.20 bits per heavy atom. The van der Waals surface area contributed by atoms with Crippen molar-refractivity contribution in [1.82, 2.24) is 20.4 Å². The van der Waals surface area contributed by atoms with E-state index >= 15 is 0 Å². The Bertz CT molecular complexity index is 767. The van der Waals surface area contributed by atoms with Gasteiger partial charge in [-0.2, -0.15) is 0 Å².